The number of fused-ring (bicyclic) bond motifs is 1. The number of ether oxygens (including phenoxy) is 1. The molecule has 1 unspecified atom stereocenters. The van der Waals surface area contributed by atoms with Gasteiger partial charge in [0.15, 0.2) is 0 Å². The van der Waals surface area contributed by atoms with Crippen LogP contribution in [0.1, 0.15) is 34.8 Å². The highest BCUT2D eigenvalue weighted by atomic mass is 127. The molecule has 0 N–H and O–H groups in total. The van der Waals surface area contributed by atoms with Crippen LogP contribution in [0.25, 0.3) is 0 Å². The van der Waals surface area contributed by atoms with E-state index in [4.69, 9.17) is 8.92 Å². The Labute approximate surface area is 113 Å². The maximum atomic E-state index is 5.48. The fraction of sp³-hybridized carbons (Fsp3) is 0.500. The van der Waals surface area contributed by atoms with E-state index in [1.165, 1.54) is 31.5 Å². The minimum Gasteiger partial charge on any atom is -0.377 e. The molecule has 0 radical (unpaired) electrons. The van der Waals surface area contributed by atoms with Crippen LogP contribution in [0.15, 0.2) is 12.1 Å². The lowest BCUT2D eigenvalue weighted by Crippen LogP contribution is -1.98. The Kier molecular flexibility index (Phi) is 4.52. The molecule has 0 heterocycles. The van der Waals surface area contributed by atoms with Crippen molar-refractivity contribution in [3.05, 3.63) is 34.4 Å². The van der Waals surface area contributed by atoms with Gasteiger partial charge in [0.2, 0.25) is 0 Å². The number of halogens is 1. The summed E-state index contributed by atoms with van der Waals surface area (Å²) in [5.41, 5.74) is 5.38. The molecule has 16 heavy (non-hydrogen) atoms. The molecule has 0 fully saturated rings. The minimum atomic E-state index is 0.294. The molecule has 4 heteroatoms. The Morgan fingerprint density at radius 3 is 3.00 bits per heavy atom. The Morgan fingerprint density at radius 2 is 2.31 bits per heavy atom. The standard InChI is InChI=1S/C12H15IO2S/c1-8-5-11-9(3-4-12(11)14-2)6-10(8)7-15-16-13/h5-6,12H,3-4,7H2,1-2H3. The van der Waals surface area contributed by atoms with Gasteiger partial charge in [-0.15, -0.1) is 0 Å². The monoisotopic (exact) mass is 350 g/mol. The summed E-state index contributed by atoms with van der Waals surface area (Å²) in [6.07, 6.45) is 2.53. The van der Waals surface area contributed by atoms with Crippen LogP contribution < -0.4 is 0 Å². The third kappa shape index (κ3) is 2.55. The number of hydrogen-bond acceptors (Lipinski definition) is 3. The third-order valence-electron chi connectivity index (χ3n) is 3.16. The molecule has 0 saturated heterocycles. The average Bonchev–Trinajstić information content (AvgIpc) is 2.68. The summed E-state index contributed by atoms with van der Waals surface area (Å²) >= 11 is 2.15. The van der Waals surface area contributed by atoms with Crippen molar-refractivity contribution in [1.82, 2.24) is 0 Å². The molecule has 0 bridgehead atoms. The van der Waals surface area contributed by atoms with Crippen LogP contribution >= 0.6 is 30.4 Å². The van der Waals surface area contributed by atoms with Gasteiger partial charge in [0.1, 0.15) is 0 Å². The predicted octanol–water partition coefficient (Wildman–Crippen LogP) is 4.14. The van der Waals surface area contributed by atoms with Gasteiger partial charge < -0.3 is 8.92 Å². The second-order valence-electron chi connectivity index (χ2n) is 4.07. The minimum absolute atomic E-state index is 0.294. The van der Waals surface area contributed by atoms with E-state index in [-0.39, 0.29) is 0 Å². The molecule has 0 spiro atoms. The molecule has 88 valence electrons. The summed E-state index contributed by atoms with van der Waals surface area (Å²) < 4.78 is 10.9. The van der Waals surface area contributed by atoms with E-state index in [1.807, 2.05) is 0 Å². The normalized spacial score (nSPS) is 18.8. The molecule has 1 aromatic rings. The molecule has 1 aliphatic carbocycles. The van der Waals surface area contributed by atoms with Crippen LogP contribution in [0.4, 0.5) is 0 Å². The zero-order valence-corrected chi connectivity index (χ0v) is 12.4. The van der Waals surface area contributed by atoms with E-state index in [9.17, 15) is 0 Å². The Hall–Kier alpha value is 0.220. The van der Waals surface area contributed by atoms with E-state index >= 15 is 0 Å². The first kappa shape index (κ1) is 12.7. The van der Waals surface area contributed by atoms with Crippen LogP contribution in [-0.4, -0.2) is 7.11 Å². The summed E-state index contributed by atoms with van der Waals surface area (Å²) in [7, 11) is 3.18. The van der Waals surface area contributed by atoms with Crippen molar-refractivity contribution in [1.29, 1.82) is 0 Å². The van der Waals surface area contributed by atoms with Crippen molar-refractivity contribution in [2.45, 2.75) is 32.5 Å². The van der Waals surface area contributed by atoms with Crippen molar-refractivity contribution < 1.29 is 8.92 Å². The first-order valence-corrected chi connectivity index (χ1v) is 8.60. The summed E-state index contributed by atoms with van der Waals surface area (Å²) in [4.78, 5) is 0. The molecular weight excluding hydrogens is 335 g/mol. The summed E-state index contributed by atoms with van der Waals surface area (Å²) in [5.74, 6) is 0. The van der Waals surface area contributed by atoms with E-state index in [0.717, 1.165) is 12.8 Å². The highest BCUT2D eigenvalue weighted by molar-refractivity contribution is 14.2. The molecule has 1 atom stereocenters. The number of aryl methyl sites for hydroxylation is 2. The van der Waals surface area contributed by atoms with Crippen molar-refractivity contribution in [3.63, 3.8) is 0 Å². The first-order valence-electron chi connectivity index (χ1n) is 5.31. The lowest BCUT2D eigenvalue weighted by Gasteiger charge is -2.12. The third-order valence-corrected chi connectivity index (χ3v) is 4.13. The second kappa shape index (κ2) is 5.71. The van der Waals surface area contributed by atoms with Crippen LogP contribution in [0.5, 0.6) is 0 Å². The Morgan fingerprint density at radius 1 is 1.50 bits per heavy atom. The van der Waals surface area contributed by atoms with Gasteiger partial charge >= 0.3 is 0 Å². The smallest absolute Gasteiger partial charge is 0.0876 e. The molecule has 0 amide bonds. The Bertz CT molecular complexity index is 382. The van der Waals surface area contributed by atoms with Crippen LogP contribution in [0.3, 0.4) is 0 Å². The van der Waals surface area contributed by atoms with Gasteiger partial charge in [-0.3, -0.25) is 0 Å². The highest BCUT2D eigenvalue weighted by Gasteiger charge is 2.23. The molecule has 0 aromatic heterocycles. The van der Waals surface area contributed by atoms with Crippen LogP contribution in [-0.2, 0) is 21.9 Å². The quantitative estimate of drug-likeness (QED) is 0.601. The SMILES string of the molecule is COC1CCc2cc(COSI)c(C)cc21. The number of rotatable bonds is 4. The Balaban J connectivity index is 2.26. The topological polar surface area (TPSA) is 18.5 Å². The zero-order valence-electron chi connectivity index (χ0n) is 9.46. The van der Waals surface area contributed by atoms with E-state index in [1.54, 1.807) is 7.11 Å². The van der Waals surface area contributed by atoms with Gasteiger partial charge in [0.05, 0.1) is 21.9 Å². The van der Waals surface area contributed by atoms with E-state index < -0.39 is 0 Å². The second-order valence-corrected chi connectivity index (χ2v) is 5.51. The van der Waals surface area contributed by atoms with Crippen molar-refractivity contribution in [2.75, 3.05) is 7.11 Å². The largest absolute Gasteiger partial charge is 0.377 e. The van der Waals surface area contributed by atoms with Crippen molar-refractivity contribution >= 4 is 30.4 Å². The molecule has 1 aromatic carbocycles. The van der Waals surface area contributed by atoms with Gasteiger partial charge in [-0.1, -0.05) is 12.1 Å². The fourth-order valence-corrected chi connectivity index (χ4v) is 2.82. The maximum Gasteiger partial charge on any atom is 0.0876 e. The van der Waals surface area contributed by atoms with Gasteiger partial charge in [-0.05, 0) is 42.0 Å². The van der Waals surface area contributed by atoms with Crippen molar-refractivity contribution in [2.24, 2.45) is 0 Å². The number of hydrogen-bond donors (Lipinski definition) is 0. The highest BCUT2D eigenvalue weighted by Crippen LogP contribution is 2.35. The van der Waals surface area contributed by atoms with Gasteiger partial charge in [-0.25, -0.2) is 0 Å². The lowest BCUT2D eigenvalue weighted by molar-refractivity contribution is 0.105. The summed E-state index contributed by atoms with van der Waals surface area (Å²) in [6, 6.07) is 4.53. The number of methoxy groups -OCH3 is 1. The van der Waals surface area contributed by atoms with Crippen molar-refractivity contribution in [3.8, 4) is 0 Å². The summed E-state index contributed by atoms with van der Waals surface area (Å²) in [6.45, 7) is 2.83. The zero-order chi connectivity index (χ0) is 11.5. The molecule has 2 rings (SSSR count). The molecule has 2 nitrogen and oxygen atoms in total. The molecule has 1 aliphatic rings. The van der Waals surface area contributed by atoms with Crippen LogP contribution in [0, 0.1) is 6.92 Å². The predicted molar refractivity (Wildman–Crippen MR) is 75.7 cm³/mol. The van der Waals surface area contributed by atoms with Gasteiger partial charge in [0, 0.05) is 28.3 Å². The number of benzene rings is 1. The average molecular weight is 350 g/mol. The molecule has 0 saturated carbocycles. The maximum absolute atomic E-state index is 5.48. The summed E-state index contributed by atoms with van der Waals surface area (Å²) in [5, 5.41) is 0. The molecule has 0 aliphatic heterocycles. The molecular formula is C12H15IO2S. The van der Waals surface area contributed by atoms with Crippen LogP contribution in [0.2, 0.25) is 0 Å². The van der Waals surface area contributed by atoms with Gasteiger partial charge in [0.25, 0.3) is 0 Å². The fourth-order valence-electron chi connectivity index (χ4n) is 2.27. The van der Waals surface area contributed by atoms with Gasteiger partial charge in [-0.2, -0.15) is 0 Å². The lowest BCUT2D eigenvalue weighted by atomic mass is 10.0. The first-order chi connectivity index (χ1) is 7.76. The van der Waals surface area contributed by atoms with E-state index in [0.29, 0.717) is 12.7 Å². The van der Waals surface area contributed by atoms with E-state index in [2.05, 4.69) is 40.3 Å².